The summed E-state index contributed by atoms with van der Waals surface area (Å²) in [5.41, 5.74) is 11.1. The van der Waals surface area contributed by atoms with Crippen LogP contribution >= 0.6 is 0 Å². The van der Waals surface area contributed by atoms with Crippen molar-refractivity contribution in [3.05, 3.63) is 78.1 Å². The molecule has 0 bridgehead atoms. The fourth-order valence-electron chi connectivity index (χ4n) is 3.45. The summed E-state index contributed by atoms with van der Waals surface area (Å²) in [6, 6.07) is 19.7. The third kappa shape index (κ3) is 3.17. The van der Waals surface area contributed by atoms with Crippen LogP contribution in [0.2, 0.25) is 0 Å². The van der Waals surface area contributed by atoms with Gasteiger partial charge in [-0.3, -0.25) is 4.98 Å². The summed E-state index contributed by atoms with van der Waals surface area (Å²) in [4.78, 5) is 4.11. The highest BCUT2D eigenvalue weighted by Crippen LogP contribution is 2.35. The van der Waals surface area contributed by atoms with Crippen molar-refractivity contribution in [1.29, 1.82) is 5.26 Å². The summed E-state index contributed by atoms with van der Waals surface area (Å²) in [6.45, 7) is 3.26. The molecule has 0 saturated heterocycles. The molecule has 0 fully saturated rings. The molecular weight excluding hydrogens is 348 g/mol. The Morgan fingerprint density at radius 3 is 2.64 bits per heavy atom. The van der Waals surface area contributed by atoms with Gasteiger partial charge in [0.1, 0.15) is 18.4 Å². The van der Waals surface area contributed by atoms with Crippen molar-refractivity contribution in [2.45, 2.75) is 20.1 Å². The van der Waals surface area contributed by atoms with Gasteiger partial charge < -0.3 is 15.0 Å². The maximum Gasteiger partial charge on any atom is 0.121 e. The van der Waals surface area contributed by atoms with E-state index in [1.54, 1.807) is 12.4 Å². The van der Waals surface area contributed by atoms with Crippen LogP contribution in [0.5, 0.6) is 5.75 Å². The average Bonchev–Trinajstić information content (AvgIpc) is 3.06. The van der Waals surface area contributed by atoms with E-state index in [1.807, 2.05) is 54.6 Å². The number of rotatable bonds is 5. The number of ether oxygens (including phenoxy) is 1. The Balaban J connectivity index is 1.78. The van der Waals surface area contributed by atoms with E-state index in [0.29, 0.717) is 17.9 Å². The maximum absolute atomic E-state index is 9.84. The Labute approximate surface area is 163 Å². The molecule has 0 spiro atoms. The SMILES string of the molecule is CCn1c(-c2ccc(N)cc2)c(C#N)c2ccc(OCc3cccnc3)cc21. The lowest BCUT2D eigenvalue weighted by Gasteiger charge is -2.10. The third-order valence-electron chi connectivity index (χ3n) is 4.78. The lowest BCUT2D eigenvalue weighted by Crippen LogP contribution is -1.99. The van der Waals surface area contributed by atoms with E-state index in [4.69, 9.17) is 10.5 Å². The monoisotopic (exact) mass is 368 g/mol. The standard InChI is InChI=1S/C23H20N4O/c1-2-27-22-12-19(28-15-16-4-3-11-26-14-16)9-10-20(22)21(13-24)23(27)17-5-7-18(25)8-6-17/h3-12,14H,2,15,25H2,1H3. The smallest absolute Gasteiger partial charge is 0.121 e. The van der Waals surface area contributed by atoms with E-state index < -0.39 is 0 Å². The number of nitrogen functional groups attached to an aromatic ring is 1. The molecule has 2 heterocycles. The van der Waals surface area contributed by atoms with Crippen LogP contribution in [0.25, 0.3) is 22.2 Å². The zero-order valence-corrected chi connectivity index (χ0v) is 15.6. The van der Waals surface area contributed by atoms with Gasteiger partial charge in [-0.1, -0.05) is 18.2 Å². The van der Waals surface area contributed by atoms with Crippen molar-refractivity contribution < 1.29 is 4.74 Å². The first-order valence-corrected chi connectivity index (χ1v) is 9.15. The molecule has 0 amide bonds. The zero-order valence-electron chi connectivity index (χ0n) is 15.6. The minimum atomic E-state index is 0.447. The quantitative estimate of drug-likeness (QED) is 0.515. The summed E-state index contributed by atoms with van der Waals surface area (Å²) >= 11 is 0. The second-order valence-corrected chi connectivity index (χ2v) is 6.53. The van der Waals surface area contributed by atoms with Gasteiger partial charge in [-0.25, -0.2) is 0 Å². The normalized spacial score (nSPS) is 10.7. The summed E-state index contributed by atoms with van der Waals surface area (Å²) in [7, 11) is 0. The van der Waals surface area contributed by atoms with Crippen LogP contribution in [-0.4, -0.2) is 9.55 Å². The number of hydrogen-bond donors (Lipinski definition) is 1. The van der Waals surface area contributed by atoms with Gasteiger partial charge in [0, 0.05) is 41.6 Å². The van der Waals surface area contributed by atoms with Crippen LogP contribution in [0.3, 0.4) is 0 Å². The van der Waals surface area contributed by atoms with Crippen LogP contribution in [-0.2, 0) is 13.2 Å². The largest absolute Gasteiger partial charge is 0.489 e. The van der Waals surface area contributed by atoms with E-state index in [1.165, 1.54) is 0 Å². The lowest BCUT2D eigenvalue weighted by molar-refractivity contribution is 0.306. The molecule has 0 atom stereocenters. The first kappa shape index (κ1) is 17.6. The Morgan fingerprint density at radius 1 is 1.14 bits per heavy atom. The summed E-state index contributed by atoms with van der Waals surface area (Å²) < 4.78 is 8.10. The molecule has 0 radical (unpaired) electrons. The fourth-order valence-corrected chi connectivity index (χ4v) is 3.45. The van der Waals surface area contributed by atoms with Crippen LogP contribution < -0.4 is 10.5 Å². The highest BCUT2D eigenvalue weighted by Gasteiger charge is 2.18. The molecule has 0 unspecified atom stereocenters. The van der Waals surface area contributed by atoms with Gasteiger partial charge in [0.2, 0.25) is 0 Å². The molecule has 2 aromatic heterocycles. The predicted octanol–water partition coefficient (Wildman–Crippen LogP) is 4.76. The highest BCUT2D eigenvalue weighted by atomic mass is 16.5. The van der Waals surface area contributed by atoms with Gasteiger partial charge in [0.05, 0.1) is 16.8 Å². The number of fused-ring (bicyclic) bond motifs is 1. The topological polar surface area (TPSA) is 76.9 Å². The van der Waals surface area contributed by atoms with Crippen molar-refractivity contribution in [2.75, 3.05) is 5.73 Å². The number of nitrogens with zero attached hydrogens (tertiary/aromatic N) is 3. The minimum Gasteiger partial charge on any atom is -0.489 e. The van der Waals surface area contributed by atoms with Crippen molar-refractivity contribution >= 4 is 16.6 Å². The molecule has 28 heavy (non-hydrogen) atoms. The first-order chi connectivity index (χ1) is 13.7. The van der Waals surface area contributed by atoms with Gasteiger partial charge in [-0.2, -0.15) is 5.26 Å². The predicted molar refractivity (Wildman–Crippen MR) is 111 cm³/mol. The van der Waals surface area contributed by atoms with Crippen molar-refractivity contribution in [3.8, 4) is 23.1 Å². The van der Waals surface area contributed by atoms with E-state index in [-0.39, 0.29) is 0 Å². The molecule has 5 nitrogen and oxygen atoms in total. The molecule has 0 aliphatic rings. The molecule has 0 aliphatic carbocycles. The molecule has 2 aromatic carbocycles. The van der Waals surface area contributed by atoms with Crippen LogP contribution in [0.4, 0.5) is 5.69 Å². The lowest BCUT2D eigenvalue weighted by atomic mass is 10.1. The highest BCUT2D eigenvalue weighted by molar-refractivity contribution is 5.95. The van der Waals surface area contributed by atoms with Crippen LogP contribution in [0.15, 0.2) is 67.0 Å². The van der Waals surface area contributed by atoms with E-state index >= 15 is 0 Å². The number of anilines is 1. The van der Waals surface area contributed by atoms with Gasteiger partial charge in [-0.15, -0.1) is 0 Å². The number of pyridine rings is 1. The Hall–Kier alpha value is -3.78. The van der Waals surface area contributed by atoms with E-state index in [2.05, 4.69) is 22.5 Å². The molecule has 4 rings (SSSR count). The molecular formula is C23H20N4O. The van der Waals surface area contributed by atoms with Crippen LogP contribution in [0, 0.1) is 11.3 Å². The van der Waals surface area contributed by atoms with E-state index in [9.17, 15) is 5.26 Å². The summed E-state index contributed by atoms with van der Waals surface area (Å²) in [5, 5.41) is 10.8. The number of nitriles is 1. The van der Waals surface area contributed by atoms with Gasteiger partial charge >= 0.3 is 0 Å². The van der Waals surface area contributed by atoms with E-state index in [0.717, 1.165) is 40.0 Å². The molecule has 5 heteroatoms. The minimum absolute atomic E-state index is 0.447. The Morgan fingerprint density at radius 2 is 1.96 bits per heavy atom. The number of nitrogens with two attached hydrogens (primary N) is 1. The molecule has 0 aliphatic heterocycles. The number of aryl methyl sites for hydroxylation is 1. The average molecular weight is 368 g/mol. The number of benzene rings is 2. The number of aromatic nitrogens is 2. The van der Waals surface area contributed by atoms with Gasteiger partial charge in [0.25, 0.3) is 0 Å². The molecule has 138 valence electrons. The Bertz CT molecular complexity index is 1160. The van der Waals surface area contributed by atoms with Crippen LogP contribution in [0.1, 0.15) is 18.1 Å². The summed E-state index contributed by atoms with van der Waals surface area (Å²) in [5.74, 6) is 0.761. The van der Waals surface area contributed by atoms with Gasteiger partial charge in [-0.05, 0) is 42.8 Å². The second kappa shape index (κ2) is 7.45. The zero-order chi connectivity index (χ0) is 19.5. The molecule has 0 saturated carbocycles. The van der Waals surface area contributed by atoms with Crippen molar-refractivity contribution in [3.63, 3.8) is 0 Å². The third-order valence-corrected chi connectivity index (χ3v) is 4.78. The van der Waals surface area contributed by atoms with Gasteiger partial charge in [0.15, 0.2) is 0 Å². The number of hydrogen-bond acceptors (Lipinski definition) is 4. The summed E-state index contributed by atoms with van der Waals surface area (Å²) in [6.07, 6.45) is 3.53. The molecule has 2 N–H and O–H groups in total. The first-order valence-electron chi connectivity index (χ1n) is 9.15. The molecule has 4 aromatic rings. The second-order valence-electron chi connectivity index (χ2n) is 6.53. The van der Waals surface area contributed by atoms with Crippen molar-refractivity contribution in [1.82, 2.24) is 9.55 Å². The fraction of sp³-hybridized carbons (Fsp3) is 0.130. The maximum atomic E-state index is 9.84. The van der Waals surface area contributed by atoms with Crippen molar-refractivity contribution in [2.24, 2.45) is 0 Å². The Kier molecular flexibility index (Phi) is 4.69.